The number of hydrogen-bond acceptors (Lipinski definition) is 4. The summed E-state index contributed by atoms with van der Waals surface area (Å²) in [5, 5.41) is 6.12. The summed E-state index contributed by atoms with van der Waals surface area (Å²) >= 11 is 13.7. The van der Waals surface area contributed by atoms with E-state index in [0.29, 0.717) is 26.5 Å². The van der Waals surface area contributed by atoms with E-state index >= 15 is 0 Å². The van der Waals surface area contributed by atoms with Gasteiger partial charge in [-0.2, -0.15) is 0 Å². The maximum Gasteiger partial charge on any atom is 0.283 e. The summed E-state index contributed by atoms with van der Waals surface area (Å²) in [6.07, 6.45) is 1.61. The molecule has 0 fully saturated rings. The molecule has 2 amide bonds. The van der Waals surface area contributed by atoms with E-state index in [1.807, 2.05) is 73.7 Å². The molecule has 0 saturated carbocycles. The van der Waals surface area contributed by atoms with Gasteiger partial charge in [0.25, 0.3) is 5.91 Å². The number of benzene rings is 4. The van der Waals surface area contributed by atoms with E-state index in [4.69, 9.17) is 23.2 Å². The molecule has 8 heteroatoms. The van der Waals surface area contributed by atoms with Crippen molar-refractivity contribution in [2.45, 2.75) is 6.92 Å². The van der Waals surface area contributed by atoms with Crippen LogP contribution in [0.1, 0.15) is 11.1 Å². The van der Waals surface area contributed by atoms with Crippen molar-refractivity contribution >= 4 is 80.2 Å². The number of fused-ring (bicyclic) bond motifs is 1. The average molecular weight is 546 g/mol. The lowest BCUT2D eigenvalue weighted by Crippen LogP contribution is -2.31. The summed E-state index contributed by atoms with van der Waals surface area (Å²) < 4.78 is 0. The third-order valence-electron chi connectivity index (χ3n) is 5.79. The fraction of sp³-hybridized carbons (Fsp3) is 0.0690. The molecule has 0 spiro atoms. The molecule has 5 rings (SSSR count). The summed E-state index contributed by atoms with van der Waals surface area (Å²) in [5.41, 5.74) is 3.26. The number of rotatable bonds is 5. The van der Waals surface area contributed by atoms with Crippen LogP contribution in [0.3, 0.4) is 0 Å². The largest absolute Gasteiger partial charge is 0.325 e. The van der Waals surface area contributed by atoms with Gasteiger partial charge >= 0.3 is 0 Å². The summed E-state index contributed by atoms with van der Waals surface area (Å²) in [6, 6.07) is 26.4. The number of carbonyl (C=O) groups is 2. The van der Waals surface area contributed by atoms with Gasteiger partial charge in [0.2, 0.25) is 5.91 Å². The van der Waals surface area contributed by atoms with Crippen LogP contribution in [0.2, 0.25) is 10.0 Å². The lowest BCUT2D eigenvalue weighted by molar-refractivity contribution is -0.114. The summed E-state index contributed by atoms with van der Waals surface area (Å²) in [5.74, 6) is -0.435. The van der Waals surface area contributed by atoms with Gasteiger partial charge < -0.3 is 5.32 Å². The van der Waals surface area contributed by atoms with Crippen molar-refractivity contribution in [3.63, 3.8) is 0 Å². The summed E-state index contributed by atoms with van der Waals surface area (Å²) in [7, 11) is 0. The normalized spacial score (nSPS) is 14.4. The predicted octanol–water partition coefficient (Wildman–Crippen LogP) is 7.57. The second-order valence-electron chi connectivity index (χ2n) is 8.41. The number of amidine groups is 1. The molecule has 37 heavy (non-hydrogen) atoms. The summed E-state index contributed by atoms with van der Waals surface area (Å²) in [4.78, 5) is 32.4. The van der Waals surface area contributed by atoms with E-state index in [1.165, 1.54) is 16.7 Å². The second kappa shape index (κ2) is 10.8. The molecule has 4 aromatic carbocycles. The fourth-order valence-electron chi connectivity index (χ4n) is 3.94. The number of carbonyl (C=O) groups excluding carboxylic acids is 2. The number of amides is 2. The smallest absolute Gasteiger partial charge is 0.283 e. The van der Waals surface area contributed by atoms with Crippen LogP contribution in [0, 0.1) is 6.92 Å². The third-order valence-corrected chi connectivity index (χ3v) is 7.56. The Morgan fingerprint density at radius 1 is 0.973 bits per heavy atom. The van der Waals surface area contributed by atoms with Gasteiger partial charge in [0.15, 0.2) is 5.17 Å². The Balaban J connectivity index is 1.41. The molecule has 184 valence electrons. The molecule has 1 N–H and O–H groups in total. The Kier molecular flexibility index (Phi) is 7.33. The number of aliphatic imine (C=N–C) groups is 1. The van der Waals surface area contributed by atoms with Crippen molar-refractivity contribution in [3.05, 3.63) is 112 Å². The standard InChI is InChI=1S/C29H21Cl2N3O2S/c1-18-12-14-21(15-13-18)34-28(36)25(16-20-8-4-10-23(30)27(20)31)33-29(34)37-17-26(35)32-24-11-5-7-19-6-2-3-9-22(19)24/h2-16H,17H2,1H3,(H,32,35). The van der Waals surface area contributed by atoms with E-state index in [0.717, 1.165) is 22.0 Å². The molecule has 4 aromatic rings. The first-order valence-corrected chi connectivity index (χ1v) is 13.2. The van der Waals surface area contributed by atoms with Crippen molar-refractivity contribution in [3.8, 4) is 0 Å². The van der Waals surface area contributed by atoms with Crippen LogP contribution in [0.5, 0.6) is 0 Å². The molecule has 0 bridgehead atoms. The van der Waals surface area contributed by atoms with E-state index in [2.05, 4.69) is 10.3 Å². The molecule has 0 aromatic heterocycles. The van der Waals surface area contributed by atoms with Crippen molar-refractivity contribution < 1.29 is 9.59 Å². The first kappa shape index (κ1) is 25.1. The zero-order valence-corrected chi connectivity index (χ0v) is 22.1. The van der Waals surface area contributed by atoms with Crippen LogP contribution in [0.25, 0.3) is 16.8 Å². The SMILES string of the molecule is Cc1ccc(N2C(=O)C(=Cc3cccc(Cl)c3Cl)N=C2SCC(=O)Nc2cccc3ccccc23)cc1. The summed E-state index contributed by atoms with van der Waals surface area (Å²) in [6.45, 7) is 1.98. The highest BCUT2D eigenvalue weighted by Gasteiger charge is 2.32. The first-order chi connectivity index (χ1) is 17.9. The lowest BCUT2D eigenvalue weighted by Gasteiger charge is -2.18. The molecule has 5 nitrogen and oxygen atoms in total. The number of nitrogens with one attached hydrogen (secondary N) is 1. The van der Waals surface area contributed by atoms with Crippen molar-refractivity contribution in [2.75, 3.05) is 16.0 Å². The number of halogens is 2. The average Bonchev–Trinajstić information content (AvgIpc) is 3.21. The van der Waals surface area contributed by atoms with Crippen LogP contribution in [-0.2, 0) is 9.59 Å². The maximum atomic E-state index is 13.4. The van der Waals surface area contributed by atoms with Crippen molar-refractivity contribution in [2.24, 2.45) is 4.99 Å². The highest BCUT2D eigenvalue weighted by Crippen LogP contribution is 2.33. The van der Waals surface area contributed by atoms with Crippen molar-refractivity contribution in [1.29, 1.82) is 0 Å². The monoisotopic (exact) mass is 545 g/mol. The van der Waals surface area contributed by atoms with Crippen LogP contribution < -0.4 is 10.2 Å². The number of anilines is 2. The molecule has 0 radical (unpaired) electrons. The Morgan fingerprint density at radius 2 is 1.70 bits per heavy atom. The maximum absolute atomic E-state index is 13.4. The molecule has 0 saturated heterocycles. The van der Waals surface area contributed by atoms with Gasteiger partial charge in [-0.15, -0.1) is 0 Å². The fourth-order valence-corrected chi connectivity index (χ4v) is 5.12. The first-order valence-electron chi connectivity index (χ1n) is 11.5. The van der Waals surface area contributed by atoms with Crippen LogP contribution in [-0.4, -0.2) is 22.7 Å². The van der Waals surface area contributed by atoms with Gasteiger partial charge in [-0.1, -0.05) is 101 Å². The van der Waals surface area contributed by atoms with Gasteiger partial charge in [0.05, 0.1) is 21.5 Å². The van der Waals surface area contributed by atoms with Gasteiger partial charge in [-0.05, 0) is 48.2 Å². The number of aryl methyl sites for hydroxylation is 1. The molecular weight excluding hydrogens is 525 g/mol. The highest BCUT2D eigenvalue weighted by atomic mass is 35.5. The van der Waals surface area contributed by atoms with Gasteiger partial charge in [0, 0.05) is 11.1 Å². The van der Waals surface area contributed by atoms with E-state index < -0.39 is 0 Å². The van der Waals surface area contributed by atoms with Crippen LogP contribution in [0.15, 0.2) is 95.6 Å². The minimum absolute atomic E-state index is 0.0723. The van der Waals surface area contributed by atoms with Crippen LogP contribution in [0.4, 0.5) is 11.4 Å². The zero-order chi connectivity index (χ0) is 25.9. The number of thioether (sulfide) groups is 1. The lowest BCUT2D eigenvalue weighted by atomic mass is 10.1. The molecule has 1 aliphatic rings. The van der Waals surface area contributed by atoms with Crippen LogP contribution >= 0.6 is 35.0 Å². The molecular formula is C29H21Cl2N3O2S. The van der Waals surface area contributed by atoms with Gasteiger partial charge in [-0.3, -0.25) is 14.5 Å². The molecule has 0 unspecified atom stereocenters. The molecule has 0 aliphatic carbocycles. The highest BCUT2D eigenvalue weighted by molar-refractivity contribution is 8.14. The molecule has 1 aliphatic heterocycles. The minimum atomic E-state index is -0.308. The molecule has 0 atom stereocenters. The van der Waals surface area contributed by atoms with E-state index in [-0.39, 0.29) is 23.3 Å². The van der Waals surface area contributed by atoms with E-state index in [9.17, 15) is 9.59 Å². The zero-order valence-electron chi connectivity index (χ0n) is 19.7. The topological polar surface area (TPSA) is 61.8 Å². The third kappa shape index (κ3) is 5.42. The van der Waals surface area contributed by atoms with Gasteiger partial charge in [0.1, 0.15) is 5.70 Å². The minimum Gasteiger partial charge on any atom is -0.325 e. The van der Waals surface area contributed by atoms with E-state index in [1.54, 1.807) is 24.3 Å². The Hall–Kier alpha value is -3.58. The Labute approximate surface area is 228 Å². The Bertz CT molecular complexity index is 1580. The Morgan fingerprint density at radius 3 is 2.51 bits per heavy atom. The predicted molar refractivity (Wildman–Crippen MR) is 156 cm³/mol. The quantitative estimate of drug-likeness (QED) is 0.263. The van der Waals surface area contributed by atoms with Gasteiger partial charge in [-0.25, -0.2) is 4.99 Å². The molecule has 1 heterocycles. The number of hydrogen-bond donors (Lipinski definition) is 1. The van der Waals surface area contributed by atoms with Crippen molar-refractivity contribution in [1.82, 2.24) is 0 Å². The number of nitrogens with zero attached hydrogens (tertiary/aromatic N) is 2. The second-order valence-corrected chi connectivity index (χ2v) is 10.1.